The van der Waals surface area contributed by atoms with E-state index < -0.39 is 16.2 Å². The fourth-order valence-electron chi connectivity index (χ4n) is 0.792. The van der Waals surface area contributed by atoms with E-state index in [0.29, 0.717) is 5.69 Å². The molecule has 0 unspecified atom stereocenters. The van der Waals surface area contributed by atoms with Crippen LogP contribution in [0.25, 0.3) is 0 Å². The third kappa shape index (κ3) is 3.43. The van der Waals surface area contributed by atoms with Crippen molar-refractivity contribution >= 4 is 32.6 Å². The van der Waals surface area contributed by atoms with Crippen molar-refractivity contribution in [2.45, 2.75) is 6.42 Å². The molecule has 0 bridgehead atoms. The number of nitrogens with one attached hydrogen (secondary N) is 1. The number of thiazole rings is 1. The molecule has 0 aromatic carbocycles. The Balaban J connectivity index is 2.77. The van der Waals surface area contributed by atoms with E-state index >= 15 is 0 Å². The van der Waals surface area contributed by atoms with Gasteiger partial charge in [-0.1, -0.05) is 0 Å². The molecule has 1 aromatic heterocycles. The van der Waals surface area contributed by atoms with Crippen molar-refractivity contribution in [2.24, 2.45) is 0 Å². The zero-order valence-electron chi connectivity index (χ0n) is 8.67. The van der Waals surface area contributed by atoms with Crippen molar-refractivity contribution in [3.8, 4) is 0 Å². The highest BCUT2D eigenvalue weighted by Gasteiger charge is 2.15. The highest BCUT2D eigenvalue weighted by molar-refractivity contribution is 7.90. The van der Waals surface area contributed by atoms with E-state index in [1.807, 2.05) is 0 Å². The molecule has 0 radical (unpaired) electrons. The first-order valence-electron chi connectivity index (χ1n) is 4.18. The van der Waals surface area contributed by atoms with Gasteiger partial charge < -0.3 is 5.11 Å². The molecule has 0 amide bonds. The van der Waals surface area contributed by atoms with Crippen LogP contribution >= 0.6 is 11.3 Å². The number of aromatic nitrogens is 1. The lowest BCUT2D eigenvalue weighted by Crippen LogP contribution is -2.28. The van der Waals surface area contributed by atoms with Gasteiger partial charge in [0.25, 0.3) is 0 Å². The van der Waals surface area contributed by atoms with E-state index in [-0.39, 0.29) is 11.6 Å². The predicted molar refractivity (Wildman–Crippen MR) is 59.7 cm³/mol. The maximum atomic E-state index is 11.4. The summed E-state index contributed by atoms with van der Waals surface area (Å²) in [6.45, 7) is 0. The number of anilines is 1. The van der Waals surface area contributed by atoms with Gasteiger partial charge in [0.2, 0.25) is 0 Å². The summed E-state index contributed by atoms with van der Waals surface area (Å²) in [5, 5.41) is 10.2. The summed E-state index contributed by atoms with van der Waals surface area (Å²) >= 11 is 1.04. The van der Waals surface area contributed by atoms with Gasteiger partial charge >= 0.3 is 16.2 Å². The second-order valence-electron chi connectivity index (χ2n) is 3.10. The van der Waals surface area contributed by atoms with Gasteiger partial charge in [0.1, 0.15) is 0 Å². The molecule has 0 aliphatic rings. The first-order chi connectivity index (χ1) is 7.31. The van der Waals surface area contributed by atoms with Gasteiger partial charge in [-0.3, -0.25) is 4.79 Å². The van der Waals surface area contributed by atoms with Crippen LogP contribution in [0.1, 0.15) is 5.69 Å². The molecule has 0 spiro atoms. The lowest BCUT2D eigenvalue weighted by atomic mass is 10.3. The Morgan fingerprint density at radius 3 is 2.75 bits per heavy atom. The van der Waals surface area contributed by atoms with E-state index in [9.17, 15) is 13.2 Å². The number of carboxylic acids is 1. The van der Waals surface area contributed by atoms with Gasteiger partial charge in [0.15, 0.2) is 5.13 Å². The van der Waals surface area contributed by atoms with Crippen LogP contribution in [-0.4, -0.2) is 42.9 Å². The molecule has 90 valence electrons. The fourth-order valence-corrected chi connectivity index (χ4v) is 2.30. The van der Waals surface area contributed by atoms with Crippen molar-refractivity contribution in [3.63, 3.8) is 0 Å². The van der Waals surface area contributed by atoms with Gasteiger partial charge in [0.05, 0.1) is 12.1 Å². The van der Waals surface area contributed by atoms with E-state index in [1.165, 1.54) is 19.5 Å². The largest absolute Gasteiger partial charge is 0.481 e. The van der Waals surface area contributed by atoms with E-state index in [0.717, 1.165) is 15.6 Å². The highest BCUT2D eigenvalue weighted by Crippen LogP contribution is 2.17. The summed E-state index contributed by atoms with van der Waals surface area (Å²) in [6.07, 6.45) is -0.222. The van der Waals surface area contributed by atoms with Crippen LogP contribution < -0.4 is 4.72 Å². The third-order valence-electron chi connectivity index (χ3n) is 1.58. The van der Waals surface area contributed by atoms with Crippen LogP contribution in [0, 0.1) is 0 Å². The molecule has 9 heteroatoms. The molecular weight excluding hydrogens is 254 g/mol. The van der Waals surface area contributed by atoms with Crippen molar-refractivity contribution in [2.75, 3.05) is 18.8 Å². The Labute approximate surface area is 96.9 Å². The molecule has 0 aliphatic carbocycles. The van der Waals surface area contributed by atoms with Gasteiger partial charge in [0, 0.05) is 19.5 Å². The molecule has 7 nitrogen and oxygen atoms in total. The highest BCUT2D eigenvalue weighted by atomic mass is 32.2. The van der Waals surface area contributed by atoms with E-state index in [2.05, 4.69) is 9.71 Å². The molecule has 0 atom stereocenters. The summed E-state index contributed by atoms with van der Waals surface area (Å²) in [4.78, 5) is 14.2. The van der Waals surface area contributed by atoms with Crippen LogP contribution in [0.15, 0.2) is 5.38 Å². The number of hydrogen-bond acceptors (Lipinski definition) is 5. The average molecular weight is 265 g/mol. The Bertz CT molecular complexity index is 480. The van der Waals surface area contributed by atoms with E-state index in [4.69, 9.17) is 5.11 Å². The van der Waals surface area contributed by atoms with E-state index in [1.54, 1.807) is 0 Å². The second-order valence-corrected chi connectivity index (χ2v) is 5.85. The smallest absolute Gasteiger partial charge is 0.309 e. The SMILES string of the molecule is CN(C)S(=O)(=O)Nc1nc(CC(=O)O)cs1. The van der Waals surface area contributed by atoms with Gasteiger partial charge in [-0.2, -0.15) is 12.7 Å². The maximum Gasteiger partial charge on any atom is 0.309 e. The minimum absolute atomic E-state index is 0.157. The zero-order valence-corrected chi connectivity index (χ0v) is 10.3. The van der Waals surface area contributed by atoms with Crippen LogP contribution in [0.2, 0.25) is 0 Å². The van der Waals surface area contributed by atoms with Gasteiger partial charge in [-0.25, -0.2) is 9.71 Å². The van der Waals surface area contributed by atoms with Crippen LogP contribution in [-0.2, 0) is 21.4 Å². The van der Waals surface area contributed by atoms with Crippen LogP contribution in [0.5, 0.6) is 0 Å². The minimum Gasteiger partial charge on any atom is -0.481 e. The van der Waals surface area contributed by atoms with Crippen LogP contribution in [0.4, 0.5) is 5.13 Å². The minimum atomic E-state index is -3.58. The Kier molecular flexibility index (Phi) is 3.83. The number of nitrogens with zero attached hydrogens (tertiary/aromatic N) is 2. The summed E-state index contributed by atoms with van der Waals surface area (Å²) < 4.78 is 26.0. The summed E-state index contributed by atoms with van der Waals surface area (Å²) in [5.74, 6) is -1.01. The van der Waals surface area contributed by atoms with Crippen molar-refractivity contribution in [3.05, 3.63) is 11.1 Å². The molecule has 1 aromatic rings. The monoisotopic (exact) mass is 265 g/mol. The summed E-state index contributed by atoms with van der Waals surface area (Å²) in [6, 6.07) is 0. The maximum absolute atomic E-state index is 11.4. The predicted octanol–water partition coefficient (Wildman–Crippen LogP) is -0.0115. The number of carbonyl (C=O) groups is 1. The summed E-state index contributed by atoms with van der Waals surface area (Å²) in [7, 11) is -0.816. The Morgan fingerprint density at radius 1 is 1.62 bits per heavy atom. The summed E-state index contributed by atoms with van der Waals surface area (Å²) in [5.41, 5.74) is 0.328. The van der Waals surface area contributed by atoms with Crippen LogP contribution in [0.3, 0.4) is 0 Å². The van der Waals surface area contributed by atoms with Crippen molar-refractivity contribution in [1.82, 2.24) is 9.29 Å². The molecule has 2 N–H and O–H groups in total. The molecular formula is C7H11N3O4S2. The zero-order chi connectivity index (χ0) is 12.3. The number of rotatable bonds is 5. The molecule has 0 fully saturated rings. The molecule has 0 saturated heterocycles. The lowest BCUT2D eigenvalue weighted by molar-refractivity contribution is -0.136. The molecule has 1 rings (SSSR count). The number of aliphatic carboxylic acids is 1. The standard InChI is InChI=1S/C7H11N3O4S2/c1-10(2)16(13,14)9-7-8-5(4-15-7)3-6(11)12/h4H,3H2,1-2H3,(H,8,9)(H,11,12). The van der Waals surface area contributed by atoms with Crippen molar-refractivity contribution < 1.29 is 18.3 Å². The Morgan fingerprint density at radius 2 is 2.25 bits per heavy atom. The fraction of sp³-hybridized carbons (Fsp3) is 0.429. The van der Waals surface area contributed by atoms with Crippen molar-refractivity contribution in [1.29, 1.82) is 0 Å². The van der Waals surface area contributed by atoms with Gasteiger partial charge in [-0.05, 0) is 0 Å². The number of hydrogen-bond donors (Lipinski definition) is 2. The third-order valence-corrected chi connectivity index (χ3v) is 3.93. The average Bonchev–Trinajstić information content (AvgIpc) is 2.50. The quantitative estimate of drug-likeness (QED) is 0.780. The molecule has 1 heterocycles. The molecule has 16 heavy (non-hydrogen) atoms. The normalized spacial score (nSPS) is 11.7. The second kappa shape index (κ2) is 4.76. The molecule has 0 saturated carbocycles. The first kappa shape index (κ1) is 12.9. The lowest BCUT2D eigenvalue weighted by Gasteiger charge is -2.10. The topological polar surface area (TPSA) is 99.6 Å². The first-order valence-corrected chi connectivity index (χ1v) is 6.49. The number of carboxylic acid groups (broad SMARTS) is 1. The Hall–Kier alpha value is -1.19. The molecule has 0 aliphatic heterocycles. The van der Waals surface area contributed by atoms with Gasteiger partial charge in [-0.15, -0.1) is 11.3 Å².